The van der Waals surface area contributed by atoms with Gasteiger partial charge in [0, 0.05) is 17.1 Å². The van der Waals surface area contributed by atoms with Crippen LogP contribution in [0.2, 0.25) is 5.02 Å². The van der Waals surface area contributed by atoms with Gasteiger partial charge in [0.1, 0.15) is 5.75 Å². The summed E-state index contributed by atoms with van der Waals surface area (Å²) in [4.78, 5) is 0.239. The van der Waals surface area contributed by atoms with Crippen molar-refractivity contribution in [3.8, 4) is 5.75 Å². The van der Waals surface area contributed by atoms with Gasteiger partial charge in [-0.15, -0.1) is 0 Å². The zero-order valence-corrected chi connectivity index (χ0v) is 15.9. The van der Waals surface area contributed by atoms with Crippen molar-refractivity contribution in [2.75, 3.05) is 18.0 Å². The summed E-state index contributed by atoms with van der Waals surface area (Å²) in [5.74, 6) is 0.651. The zero-order chi connectivity index (χ0) is 18.4. The van der Waals surface area contributed by atoms with Crippen molar-refractivity contribution in [3.05, 3.63) is 52.0 Å². The quantitative estimate of drug-likeness (QED) is 0.882. The van der Waals surface area contributed by atoms with Gasteiger partial charge in [-0.05, 0) is 61.7 Å². The summed E-state index contributed by atoms with van der Waals surface area (Å²) in [7, 11) is -2.21. The van der Waals surface area contributed by atoms with E-state index in [1.807, 2.05) is 6.92 Å². The fourth-order valence-corrected chi connectivity index (χ4v) is 5.14. The molecule has 1 atom stereocenters. The molecule has 1 aliphatic heterocycles. The van der Waals surface area contributed by atoms with Crippen LogP contribution in [0.3, 0.4) is 0 Å². The van der Waals surface area contributed by atoms with E-state index < -0.39 is 16.1 Å². The highest BCUT2D eigenvalue weighted by atomic mass is 35.5. The van der Waals surface area contributed by atoms with Crippen LogP contribution in [-0.2, 0) is 10.0 Å². The molecule has 1 N–H and O–H groups in total. The Morgan fingerprint density at radius 1 is 1.20 bits per heavy atom. The van der Waals surface area contributed by atoms with E-state index in [0.29, 0.717) is 34.0 Å². The van der Waals surface area contributed by atoms with E-state index in [4.69, 9.17) is 16.3 Å². The van der Waals surface area contributed by atoms with Gasteiger partial charge >= 0.3 is 0 Å². The number of nitrogens with zero attached hydrogens (tertiary/aromatic N) is 1. The summed E-state index contributed by atoms with van der Waals surface area (Å²) in [5.41, 5.74) is 2.37. The third-order valence-electron chi connectivity index (χ3n) is 4.48. The first-order chi connectivity index (χ1) is 11.8. The molecule has 3 rings (SSSR count). The molecule has 2 aromatic rings. The van der Waals surface area contributed by atoms with Gasteiger partial charge in [0.05, 0.1) is 23.8 Å². The summed E-state index contributed by atoms with van der Waals surface area (Å²) in [6.07, 6.45) is -0.403. The molecule has 2 aromatic carbocycles. The SMILES string of the molecule is COc1cc(C)c(S(=O)(=O)N2CCC(O)c3cc(Cl)ccc32)cc1C. The number of fused-ring (bicyclic) bond motifs is 1. The molecule has 0 spiro atoms. The third-order valence-corrected chi connectivity index (χ3v) is 6.67. The molecule has 1 aliphatic rings. The van der Waals surface area contributed by atoms with Gasteiger partial charge < -0.3 is 9.84 Å². The Morgan fingerprint density at radius 2 is 1.92 bits per heavy atom. The van der Waals surface area contributed by atoms with Crippen LogP contribution in [0.25, 0.3) is 0 Å². The lowest BCUT2D eigenvalue weighted by atomic mass is 10.0. The first-order valence-corrected chi connectivity index (χ1v) is 9.73. The Labute approximate surface area is 152 Å². The largest absolute Gasteiger partial charge is 0.496 e. The van der Waals surface area contributed by atoms with Gasteiger partial charge in [0.25, 0.3) is 10.0 Å². The topological polar surface area (TPSA) is 66.8 Å². The second-order valence-electron chi connectivity index (χ2n) is 6.17. The van der Waals surface area contributed by atoms with Gasteiger partial charge in [0.2, 0.25) is 0 Å². The van der Waals surface area contributed by atoms with Crippen molar-refractivity contribution in [2.45, 2.75) is 31.3 Å². The number of sulfonamides is 1. The van der Waals surface area contributed by atoms with Crippen LogP contribution in [0.1, 0.15) is 29.2 Å². The van der Waals surface area contributed by atoms with Crippen molar-refractivity contribution in [2.24, 2.45) is 0 Å². The second kappa shape index (κ2) is 6.52. The molecule has 0 fully saturated rings. The molecule has 1 heterocycles. The van der Waals surface area contributed by atoms with Gasteiger partial charge in [-0.1, -0.05) is 11.6 Å². The van der Waals surface area contributed by atoms with E-state index >= 15 is 0 Å². The van der Waals surface area contributed by atoms with E-state index in [1.54, 1.807) is 44.4 Å². The van der Waals surface area contributed by atoms with Crippen molar-refractivity contribution >= 4 is 27.3 Å². The van der Waals surface area contributed by atoms with Crippen LogP contribution in [0.15, 0.2) is 35.2 Å². The average molecular weight is 382 g/mol. The van der Waals surface area contributed by atoms with E-state index in [-0.39, 0.29) is 11.4 Å². The third kappa shape index (κ3) is 3.10. The molecule has 0 radical (unpaired) electrons. The Kier molecular flexibility index (Phi) is 4.70. The second-order valence-corrected chi connectivity index (χ2v) is 8.44. The smallest absolute Gasteiger partial charge is 0.264 e. The molecule has 0 aromatic heterocycles. The van der Waals surface area contributed by atoms with Gasteiger partial charge in [-0.25, -0.2) is 8.42 Å². The predicted molar refractivity (Wildman–Crippen MR) is 98.0 cm³/mol. The fraction of sp³-hybridized carbons (Fsp3) is 0.333. The number of rotatable bonds is 3. The monoisotopic (exact) mass is 381 g/mol. The summed E-state index contributed by atoms with van der Waals surface area (Å²) in [6.45, 7) is 3.77. The maximum Gasteiger partial charge on any atom is 0.264 e. The molecule has 0 amide bonds. The number of aliphatic hydroxyl groups is 1. The summed E-state index contributed by atoms with van der Waals surface area (Å²) in [6, 6.07) is 8.25. The van der Waals surface area contributed by atoms with E-state index in [0.717, 1.165) is 5.56 Å². The number of methoxy groups -OCH3 is 1. The molecule has 5 nitrogen and oxygen atoms in total. The number of aliphatic hydroxyl groups excluding tert-OH is 1. The Bertz CT molecular complexity index is 927. The lowest BCUT2D eigenvalue weighted by Gasteiger charge is -2.33. The normalized spacial score (nSPS) is 17.3. The number of halogens is 1. The van der Waals surface area contributed by atoms with E-state index in [9.17, 15) is 13.5 Å². The van der Waals surface area contributed by atoms with E-state index in [2.05, 4.69) is 0 Å². The van der Waals surface area contributed by atoms with E-state index in [1.165, 1.54) is 4.31 Å². The standard InChI is InChI=1S/C18H20ClNO4S/c1-11-9-18(12(2)8-17(11)24-3)25(22,23)20-7-6-16(21)14-10-13(19)4-5-15(14)20/h4-5,8-10,16,21H,6-7H2,1-3H3. The highest BCUT2D eigenvalue weighted by molar-refractivity contribution is 7.92. The van der Waals surface area contributed by atoms with Crippen LogP contribution in [0, 0.1) is 13.8 Å². The molecule has 0 saturated heterocycles. The Hall–Kier alpha value is -1.76. The minimum absolute atomic E-state index is 0.211. The minimum atomic E-state index is -3.77. The lowest BCUT2D eigenvalue weighted by Crippen LogP contribution is -2.37. The van der Waals surface area contributed by atoms with Crippen molar-refractivity contribution < 1.29 is 18.3 Å². The van der Waals surface area contributed by atoms with Crippen LogP contribution in [0.5, 0.6) is 5.75 Å². The summed E-state index contributed by atoms with van der Waals surface area (Å²) in [5, 5.41) is 10.7. The van der Waals surface area contributed by atoms with Gasteiger partial charge in [0.15, 0.2) is 0 Å². The predicted octanol–water partition coefficient (Wildman–Crippen LogP) is 3.60. The van der Waals surface area contributed by atoms with Crippen molar-refractivity contribution in [1.29, 1.82) is 0 Å². The number of anilines is 1. The van der Waals surface area contributed by atoms with Crippen LogP contribution in [-0.4, -0.2) is 27.2 Å². The molecule has 0 saturated carbocycles. The molecule has 1 unspecified atom stereocenters. The maximum absolute atomic E-state index is 13.3. The van der Waals surface area contributed by atoms with Crippen LogP contribution in [0.4, 0.5) is 5.69 Å². The maximum atomic E-state index is 13.3. The molecular weight excluding hydrogens is 362 g/mol. The number of ether oxygens (including phenoxy) is 1. The first-order valence-electron chi connectivity index (χ1n) is 7.91. The average Bonchev–Trinajstić information content (AvgIpc) is 2.57. The number of aryl methyl sites for hydroxylation is 2. The van der Waals surface area contributed by atoms with Gasteiger partial charge in [-0.3, -0.25) is 4.31 Å². The van der Waals surface area contributed by atoms with Crippen LogP contribution >= 0.6 is 11.6 Å². The molecule has 0 bridgehead atoms. The van der Waals surface area contributed by atoms with Crippen LogP contribution < -0.4 is 9.04 Å². The highest BCUT2D eigenvalue weighted by Crippen LogP contribution is 2.39. The first kappa shape index (κ1) is 18.0. The van der Waals surface area contributed by atoms with Crippen molar-refractivity contribution in [3.63, 3.8) is 0 Å². The number of hydrogen-bond donors (Lipinski definition) is 1. The number of benzene rings is 2. The fourth-order valence-electron chi connectivity index (χ4n) is 3.16. The Balaban J connectivity index is 2.14. The molecular formula is C18H20ClNO4S. The molecule has 25 heavy (non-hydrogen) atoms. The highest BCUT2D eigenvalue weighted by Gasteiger charge is 2.33. The summed E-state index contributed by atoms with van der Waals surface area (Å²) >= 11 is 6.01. The zero-order valence-electron chi connectivity index (χ0n) is 14.3. The van der Waals surface area contributed by atoms with Crippen molar-refractivity contribution in [1.82, 2.24) is 0 Å². The molecule has 7 heteroatoms. The molecule has 0 aliphatic carbocycles. The van der Waals surface area contributed by atoms with Gasteiger partial charge in [-0.2, -0.15) is 0 Å². The minimum Gasteiger partial charge on any atom is -0.496 e. The number of hydrogen-bond acceptors (Lipinski definition) is 4. The molecule has 134 valence electrons. The lowest BCUT2D eigenvalue weighted by molar-refractivity contribution is 0.166. The summed E-state index contributed by atoms with van der Waals surface area (Å²) < 4.78 is 33.2. The Morgan fingerprint density at radius 3 is 2.60 bits per heavy atom.